The molecule has 0 fully saturated rings. The van der Waals surface area contributed by atoms with Gasteiger partial charge in [0.05, 0.1) is 19.2 Å². The summed E-state index contributed by atoms with van der Waals surface area (Å²) in [7, 11) is 1.68. The van der Waals surface area contributed by atoms with Crippen molar-refractivity contribution >= 4 is 52.9 Å². The molecule has 0 spiro atoms. The highest BCUT2D eigenvalue weighted by Crippen LogP contribution is 2.31. The Morgan fingerprint density at radius 2 is 2.11 bits per heavy atom. The molecule has 2 aromatic rings. The number of ether oxygens (including phenoxy) is 1. The van der Waals surface area contributed by atoms with Crippen molar-refractivity contribution in [3.8, 4) is 0 Å². The van der Waals surface area contributed by atoms with Crippen LogP contribution in [0, 0.1) is 0 Å². The van der Waals surface area contributed by atoms with Crippen molar-refractivity contribution in [1.82, 2.24) is 10.2 Å². The van der Waals surface area contributed by atoms with Crippen molar-refractivity contribution in [3.63, 3.8) is 0 Å². The second-order valence-corrected chi connectivity index (χ2v) is 8.32. The second-order valence-electron chi connectivity index (χ2n) is 6.88. The van der Waals surface area contributed by atoms with Crippen molar-refractivity contribution in [2.75, 3.05) is 26.8 Å². The monoisotopic (exact) mass is 534 g/mol. The van der Waals surface area contributed by atoms with E-state index in [-0.39, 0.29) is 36.1 Å². The number of halogens is 2. The van der Waals surface area contributed by atoms with Crippen LogP contribution in [0.2, 0.25) is 5.02 Å². The summed E-state index contributed by atoms with van der Waals surface area (Å²) in [5.41, 5.74) is 8.72. The lowest BCUT2D eigenvalue weighted by Crippen LogP contribution is -2.41. The van der Waals surface area contributed by atoms with E-state index in [9.17, 15) is 0 Å². The molecule has 0 radical (unpaired) electrons. The van der Waals surface area contributed by atoms with E-state index in [0.29, 0.717) is 19.1 Å². The van der Waals surface area contributed by atoms with Gasteiger partial charge >= 0.3 is 0 Å². The Kier molecular flexibility index (Phi) is 9.49. The predicted molar refractivity (Wildman–Crippen MR) is 129 cm³/mol. The van der Waals surface area contributed by atoms with Crippen LogP contribution in [-0.4, -0.2) is 43.7 Å². The van der Waals surface area contributed by atoms with Gasteiger partial charge in [-0.2, -0.15) is 0 Å². The Hall–Kier alpha value is -0.870. The lowest BCUT2D eigenvalue weighted by molar-refractivity contribution is 0.178. The third-order valence-corrected chi connectivity index (χ3v) is 6.05. The summed E-state index contributed by atoms with van der Waals surface area (Å²) in [6.45, 7) is 5.16. The maximum Gasteiger partial charge on any atom is 0.188 e. The number of thiophene rings is 1. The van der Waals surface area contributed by atoms with Gasteiger partial charge in [-0.05, 0) is 48.1 Å². The van der Waals surface area contributed by atoms with Crippen LogP contribution in [0.1, 0.15) is 29.0 Å². The Bertz CT molecular complexity index is 768. The van der Waals surface area contributed by atoms with E-state index in [1.807, 2.05) is 30.4 Å². The average molecular weight is 535 g/mol. The van der Waals surface area contributed by atoms with Crippen molar-refractivity contribution in [1.29, 1.82) is 0 Å². The minimum absolute atomic E-state index is 0. The van der Waals surface area contributed by atoms with Gasteiger partial charge in [0.1, 0.15) is 0 Å². The molecule has 1 aliphatic heterocycles. The van der Waals surface area contributed by atoms with Crippen LogP contribution < -0.4 is 11.1 Å². The molecule has 1 aromatic carbocycles. The van der Waals surface area contributed by atoms with Crippen LogP contribution >= 0.6 is 46.9 Å². The van der Waals surface area contributed by atoms with Crippen LogP contribution in [-0.2, 0) is 17.7 Å². The Morgan fingerprint density at radius 1 is 1.36 bits per heavy atom. The predicted octanol–water partition coefficient (Wildman–Crippen LogP) is 4.06. The Labute approximate surface area is 193 Å². The van der Waals surface area contributed by atoms with E-state index in [0.717, 1.165) is 24.5 Å². The molecule has 2 heterocycles. The van der Waals surface area contributed by atoms with Gasteiger partial charge in [-0.1, -0.05) is 23.7 Å². The number of guanidine groups is 1. The lowest BCUT2D eigenvalue weighted by atomic mass is 10.0. The van der Waals surface area contributed by atoms with Crippen LogP contribution in [0.15, 0.2) is 40.7 Å². The molecule has 0 saturated carbocycles. The van der Waals surface area contributed by atoms with E-state index in [2.05, 4.69) is 38.8 Å². The van der Waals surface area contributed by atoms with Gasteiger partial charge in [0.25, 0.3) is 0 Å². The van der Waals surface area contributed by atoms with Gasteiger partial charge in [-0.3, -0.25) is 9.89 Å². The number of methoxy groups -OCH3 is 1. The molecule has 0 bridgehead atoms. The fraction of sp³-hybridized carbons (Fsp3) is 0.450. The molecular formula is C20H28ClIN4OS. The number of nitrogens with zero attached hydrogens (tertiary/aromatic N) is 2. The number of rotatable bonds is 7. The summed E-state index contributed by atoms with van der Waals surface area (Å²) < 4.78 is 5.14. The average Bonchev–Trinajstić information content (AvgIpc) is 3.11. The number of hydrogen-bond donors (Lipinski definition) is 2. The van der Waals surface area contributed by atoms with E-state index >= 15 is 0 Å². The molecule has 28 heavy (non-hydrogen) atoms. The molecule has 0 saturated heterocycles. The van der Waals surface area contributed by atoms with Crippen molar-refractivity contribution < 1.29 is 4.74 Å². The smallest absolute Gasteiger partial charge is 0.188 e. The molecule has 1 aromatic heterocycles. The normalized spacial score (nSPS) is 16.8. The maximum atomic E-state index is 6.09. The zero-order chi connectivity index (χ0) is 19.2. The van der Waals surface area contributed by atoms with E-state index in [4.69, 9.17) is 22.1 Å². The largest absolute Gasteiger partial charge is 0.383 e. The molecule has 0 aliphatic carbocycles. The first-order valence-corrected chi connectivity index (χ1v) is 10.4. The fourth-order valence-corrected chi connectivity index (χ4v) is 4.44. The number of fused-ring (bicyclic) bond motifs is 1. The molecular weight excluding hydrogens is 507 g/mol. The Balaban J connectivity index is 0.00000280. The summed E-state index contributed by atoms with van der Waals surface area (Å²) in [4.78, 5) is 8.60. The molecule has 2 atom stereocenters. The van der Waals surface area contributed by atoms with E-state index in [1.165, 1.54) is 16.0 Å². The van der Waals surface area contributed by atoms with Crippen molar-refractivity contribution in [2.45, 2.75) is 32.0 Å². The second kappa shape index (κ2) is 11.3. The lowest BCUT2D eigenvalue weighted by Gasteiger charge is -2.34. The fourth-order valence-electron chi connectivity index (χ4n) is 3.43. The minimum atomic E-state index is 0. The van der Waals surface area contributed by atoms with Gasteiger partial charge in [0, 0.05) is 36.1 Å². The van der Waals surface area contributed by atoms with Crippen LogP contribution in [0.3, 0.4) is 0 Å². The minimum Gasteiger partial charge on any atom is -0.383 e. The molecule has 154 valence electrons. The van der Waals surface area contributed by atoms with Gasteiger partial charge < -0.3 is 15.8 Å². The molecule has 8 heteroatoms. The molecule has 2 unspecified atom stereocenters. The van der Waals surface area contributed by atoms with E-state index < -0.39 is 0 Å². The first-order valence-electron chi connectivity index (χ1n) is 9.17. The molecule has 1 aliphatic rings. The summed E-state index contributed by atoms with van der Waals surface area (Å²) >= 11 is 7.94. The number of hydrogen-bond acceptors (Lipinski definition) is 4. The zero-order valence-corrected chi connectivity index (χ0v) is 20.1. The standard InChI is InChI=1S/C20H27ClN4OS.HI/c1-14(13-26-2)24-20(22)23-11-18(15-3-5-17(21)6-4-15)25-9-7-19-16(12-25)8-10-27-19;/h3-6,8,10,14,18H,7,9,11-13H2,1-2H3,(H3,22,23,24);1H. The van der Waals surface area contributed by atoms with Crippen LogP contribution in [0.4, 0.5) is 0 Å². The summed E-state index contributed by atoms with van der Waals surface area (Å²) in [5.74, 6) is 0.451. The van der Waals surface area contributed by atoms with Crippen molar-refractivity contribution in [2.24, 2.45) is 10.7 Å². The summed E-state index contributed by atoms with van der Waals surface area (Å²) in [6.07, 6.45) is 1.08. The van der Waals surface area contributed by atoms with Gasteiger partial charge in [-0.15, -0.1) is 35.3 Å². The zero-order valence-electron chi connectivity index (χ0n) is 16.2. The quantitative estimate of drug-likeness (QED) is 0.320. The third-order valence-electron chi connectivity index (χ3n) is 4.78. The third kappa shape index (κ3) is 6.32. The molecule has 3 N–H and O–H groups in total. The first-order chi connectivity index (χ1) is 13.1. The van der Waals surface area contributed by atoms with Gasteiger partial charge in [0.15, 0.2) is 5.96 Å². The maximum absolute atomic E-state index is 6.09. The first kappa shape index (κ1) is 23.4. The number of benzene rings is 1. The van der Waals surface area contributed by atoms with Gasteiger partial charge in [0.2, 0.25) is 0 Å². The van der Waals surface area contributed by atoms with E-state index in [1.54, 1.807) is 7.11 Å². The molecule has 5 nitrogen and oxygen atoms in total. The Morgan fingerprint density at radius 3 is 2.82 bits per heavy atom. The van der Waals surface area contributed by atoms with Crippen LogP contribution in [0.5, 0.6) is 0 Å². The van der Waals surface area contributed by atoms with Gasteiger partial charge in [-0.25, -0.2) is 0 Å². The highest BCUT2D eigenvalue weighted by molar-refractivity contribution is 14.0. The van der Waals surface area contributed by atoms with Crippen molar-refractivity contribution in [3.05, 3.63) is 56.7 Å². The highest BCUT2D eigenvalue weighted by Gasteiger charge is 2.25. The summed E-state index contributed by atoms with van der Waals surface area (Å²) in [5, 5.41) is 6.10. The number of nitrogens with one attached hydrogen (secondary N) is 1. The van der Waals surface area contributed by atoms with Crippen LogP contribution in [0.25, 0.3) is 0 Å². The summed E-state index contributed by atoms with van der Waals surface area (Å²) in [6, 6.07) is 10.6. The number of nitrogens with two attached hydrogens (primary N) is 1. The topological polar surface area (TPSA) is 62.9 Å². The SMILES string of the molecule is COCC(C)NC(N)=NCC(c1ccc(Cl)cc1)N1CCc2sccc2C1.I. The number of aliphatic imine (C=N–C) groups is 1. The molecule has 0 amide bonds. The molecule has 3 rings (SSSR count). The highest BCUT2D eigenvalue weighted by atomic mass is 127.